The molecule has 1 aliphatic carbocycles. The van der Waals surface area contributed by atoms with Crippen LogP contribution in [-0.2, 0) is 6.42 Å². The molecule has 20 heavy (non-hydrogen) atoms. The van der Waals surface area contributed by atoms with Crippen LogP contribution >= 0.6 is 0 Å². The molecular formula is C16H24N2O2. The van der Waals surface area contributed by atoms with Crippen molar-refractivity contribution in [2.75, 3.05) is 46.4 Å². The molecule has 1 atom stereocenters. The van der Waals surface area contributed by atoms with Gasteiger partial charge in [-0.05, 0) is 31.5 Å². The topological polar surface area (TPSA) is 35.9 Å². The molecule has 3 rings (SSSR count). The molecule has 1 N–H and O–H groups in total. The SMILES string of the molecule is CN1CCN(CCOc2cccc3c2CCC3O)CC1. The number of ether oxygens (including phenoxy) is 1. The van der Waals surface area contributed by atoms with E-state index in [9.17, 15) is 5.11 Å². The Bertz CT molecular complexity index is 456. The molecule has 0 radical (unpaired) electrons. The van der Waals surface area contributed by atoms with Crippen LogP contribution in [0.1, 0.15) is 23.7 Å². The molecule has 1 aromatic carbocycles. The fourth-order valence-electron chi connectivity index (χ4n) is 3.09. The third-order valence-electron chi connectivity index (χ3n) is 4.46. The van der Waals surface area contributed by atoms with Crippen LogP contribution in [0.25, 0.3) is 0 Å². The Hall–Kier alpha value is -1.10. The normalized spacial score (nSPS) is 23.8. The maximum absolute atomic E-state index is 9.89. The number of benzene rings is 1. The number of fused-ring (bicyclic) bond motifs is 1. The molecule has 1 aromatic rings. The van der Waals surface area contributed by atoms with Crippen molar-refractivity contribution in [3.63, 3.8) is 0 Å². The highest BCUT2D eigenvalue weighted by atomic mass is 16.5. The van der Waals surface area contributed by atoms with Crippen LogP contribution in [0.2, 0.25) is 0 Å². The Kier molecular flexibility index (Phi) is 4.24. The lowest BCUT2D eigenvalue weighted by atomic mass is 10.1. The van der Waals surface area contributed by atoms with Crippen LogP contribution in [0.4, 0.5) is 0 Å². The molecule has 2 aliphatic rings. The summed E-state index contributed by atoms with van der Waals surface area (Å²) in [5, 5.41) is 9.89. The van der Waals surface area contributed by atoms with Crippen molar-refractivity contribution in [2.24, 2.45) is 0 Å². The highest BCUT2D eigenvalue weighted by Gasteiger charge is 2.23. The summed E-state index contributed by atoms with van der Waals surface area (Å²) in [5.41, 5.74) is 2.26. The third kappa shape index (κ3) is 2.97. The minimum Gasteiger partial charge on any atom is -0.492 e. The van der Waals surface area contributed by atoms with Gasteiger partial charge in [-0.3, -0.25) is 4.90 Å². The molecule has 0 bridgehead atoms. The first-order valence-electron chi connectivity index (χ1n) is 7.57. The second-order valence-corrected chi connectivity index (χ2v) is 5.87. The molecule has 1 saturated heterocycles. The van der Waals surface area contributed by atoms with E-state index in [1.54, 1.807) is 0 Å². The van der Waals surface area contributed by atoms with Gasteiger partial charge in [-0.25, -0.2) is 0 Å². The molecule has 0 saturated carbocycles. The first kappa shape index (κ1) is 13.9. The van der Waals surface area contributed by atoms with E-state index in [4.69, 9.17) is 4.74 Å². The number of hydrogen-bond acceptors (Lipinski definition) is 4. The summed E-state index contributed by atoms with van der Waals surface area (Å²) >= 11 is 0. The van der Waals surface area contributed by atoms with Gasteiger partial charge in [0.2, 0.25) is 0 Å². The second-order valence-electron chi connectivity index (χ2n) is 5.87. The molecule has 1 aliphatic heterocycles. The average Bonchev–Trinajstić information content (AvgIpc) is 2.84. The summed E-state index contributed by atoms with van der Waals surface area (Å²) in [6.45, 7) is 6.27. The average molecular weight is 276 g/mol. The zero-order valence-corrected chi connectivity index (χ0v) is 12.2. The first-order valence-corrected chi connectivity index (χ1v) is 7.57. The molecule has 1 unspecified atom stereocenters. The van der Waals surface area contributed by atoms with E-state index < -0.39 is 0 Å². The molecule has 0 spiro atoms. The van der Waals surface area contributed by atoms with Crippen molar-refractivity contribution in [2.45, 2.75) is 18.9 Å². The number of likely N-dealkylation sites (N-methyl/N-ethyl adjacent to an activating group) is 1. The monoisotopic (exact) mass is 276 g/mol. The predicted octanol–water partition coefficient (Wildman–Crippen LogP) is 1.29. The van der Waals surface area contributed by atoms with Crippen molar-refractivity contribution in [3.8, 4) is 5.75 Å². The number of aliphatic hydroxyl groups is 1. The highest BCUT2D eigenvalue weighted by molar-refractivity contribution is 5.44. The van der Waals surface area contributed by atoms with E-state index >= 15 is 0 Å². The van der Waals surface area contributed by atoms with E-state index in [0.29, 0.717) is 0 Å². The lowest BCUT2D eigenvalue weighted by Crippen LogP contribution is -2.45. The quantitative estimate of drug-likeness (QED) is 0.899. The Labute approximate surface area is 120 Å². The van der Waals surface area contributed by atoms with Gasteiger partial charge < -0.3 is 14.7 Å². The number of rotatable bonds is 4. The largest absolute Gasteiger partial charge is 0.492 e. The van der Waals surface area contributed by atoms with Gasteiger partial charge in [-0.15, -0.1) is 0 Å². The van der Waals surface area contributed by atoms with Crippen LogP contribution < -0.4 is 4.74 Å². The predicted molar refractivity (Wildman–Crippen MR) is 79.2 cm³/mol. The molecule has 4 heteroatoms. The van der Waals surface area contributed by atoms with Crippen molar-refractivity contribution < 1.29 is 9.84 Å². The molecule has 4 nitrogen and oxygen atoms in total. The maximum atomic E-state index is 9.89. The Balaban J connectivity index is 1.52. The number of hydrogen-bond donors (Lipinski definition) is 1. The van der Waals surface area contributed by atoms with E-state index in [0.717, 1.165) is 63.5 Å². The molecule has 0 aromatic heterocycles. The molecule has 1 heterocycles. The summed E-state index contributed by atoms with van der Waals surface area (Å²) in [6, 6.07) is 6.03. The van der Waals surface area contributed by atoms with E-state index in [2.05, 4.69) is 16.8 Å². The van der Waals surface area contributed by atoms with Gasteiger partial charge in [0.15, 0.2) is 0 Å². The van der Waals surface area contributed by atoms with Crippen LogP contribution in [0, 0.1) is 0 Å². The van der Waals surface area contributed by atoms with Crippen LogP contribution in [0.15, 0.2) is 18.2 Å². The van der Waals surface area contributed by atoms with Gasteiger partial charge in [0.25, 0.3) is 0 Å². The van der Waals surface area contributed by atoms with Crippen molar-refractivity contribution in [3.05, 3.63) is 29.3 Å². The minimum absolute atomic E-state index is 0.300. The lowest BCUT2D eigenvalue weighted by molar-refractivity contribution is 0.133. The number of aliphatic hydroxyl groups excluding tert-OH is 1. The standard InChI is InChI=1S/C16H24N2O2/c1-17-7-9-18(10-8-17)11-12-20-16-4-2-3-13-14(16)5-6-15(13)19/h2-4,15,19H,5-12H2,1H3. The van der Waals surface area contributed by atoms with Crippen molar-refractivity contribution in [1.82, 2.24) is 9.80 Å². The number of nitrogens with zero attached hydrogens (tertiary/aromatic N) is 2. The fourth-order valence-corrected chi connectivity index (χ4v) is 3.09. The number of piperazine rings is 1. The second kappa shape index (κ2) is 6.12. The maximum Gasteiger partial charge on any atom is 0.122 e. The fraction of sp³-hybridized carbons (Fsp3) is 0.625. The zero-order valence-electron chi connectivity index (χ0n) is 12.2. The summed E-state index contributed by atoms with van der Waals surface area (Å²) in [6.07, 6.45) is 1.46. The lowest BCUT2D eigenvalue weighted by Gasteiger charge is -2.32. The highest BCUT2D eigenvalue weighted by Crippen LogP contribution is 2.36. The minimum atomic E-state index is -0.300. The Morgan fingerprint density at radius 1 is 1.25 bits per heavy atom. The Morgan fingerprint density at radius 3 is 2.85 bits per heavy atom. The van der Waals surface area contributed by atoms with Gasteiger partial charge in [0.1, 0.15) is 12.4 Å². The van der Waals surface area contributed by atoms with Crippen LogP contribution in [0.3, 0.4) is 0 Å². The third-order valence-corrected chi connectivity index (χ3v) is 4.46. The zero-order chi connectivity index (χ0) is 13.9. The van der Waals surface area contributed by atoms with Gasteiger partial charge in [0.05, 0.1) is 6.10 Å². The van der Waals surface area contributed by atoms with Gasteiger partial charge in [-0.1, -0.05) is 12.1 Å². The van der Waals surface area contributed by atoms with Crippen LogP contribution in [-0.4, -0.2) is 61.3 Å². The smallest absolute Gasteiger partial charge is 0.122 e. The molecule has 1 fully saturated rings. The van der Waals surface area contributed by atoms with Crippen LogP contribution in [0.5, 0.6) is 5.75 Å². The summed E-state index contributed by atoms with van der Waals surface area (Å²) in [5.74, 6) is 0.966. The summed E-state index contributed by atoms with van der Waals surface area (Å²) in [4.78, 5) is 4.82. The van der Waals surface area contributed by atoms with E-state index in [1.807, 2.05) is 18.2 Å². The van der Waals surface area contributed by atoms with Gasteiger partial charge in [-0.2, -0.15) is 0 Å². The summed E-state index contributed by atoms with van der Waals surface area (Å²) < 4.78 is 5.96. The van der Waals surface area contributed by atoms with Gasteiger partial charge >= 0.3 is 0 Å². The first-order chi connectivity index (χ1) is 9.74. The van der Waals surface area contributed by atoms with Crippen molar-refractivity contribution in [1.29, 1.82) is 0 Å². The van der Waals surface area contributed by atoms with E-state index in [1.165, 1.54) is 5.56 Å². The van der Waals surface area contributed by atoms with E-state index in [-0.39, 0.29) is 6.10 Å². The molecular weight excluding hydrogens is 252 g/mol. The molecule has 0 amide bonds. The van der Waals surface area contributed by atoms with Gasteiger partial charge in [0, 0.05) is 38.3 Å². The van der Waals surface area contributed by atoms with Crippen molar-refractivity contribution >= 4 is 0 Å². The summed E-state index contributed by atoms with van der Waals surface area (Å²) in [7, 11) is 2.17. The molecule has 110 valence electrons. The Morgan fingerprint density at radius 2 is 2.05 bits per heavy atom.